The first-order chi connectivity index (χ1) is 8.84. The second-order valence-electron chi connectivity index (χ2n) is 5.14. The third kappa shape index (κ3) is 3.96. The van der Waals surface area contributed by atoms with E-state index in [0.717, 1.165) is 19.4 Å². The van der Waals surface area contributed by atoms with E-state index < -0.39 is 11.2 Å². The fourth-order valence-electron chi connectivity index (χ4n) is 1.76. The Labute approximate surface area is 112 Å². The molecule has 2 N–H and O–H groups in total. The van der Waals surface area contributed by atoms with Crippen molar-refractivity contribution in [2.75, 3.05) is 13.6 Å². The number of unbranched alkanes of at least 4 members (excludes halogenated alkanes) is 1. The van der Waals surface area contributed by atoms with Crippen LogP contribution in [0.25, 0.3) is 0 Å². The Morgan fingerprint density at radius 3 is 2.53 bits per heavy atom. The fraction of sp³-hybridized carbons (Fsp3) is 0.692. The number of aromatic hydroxyl groups is 1. The Hall–Kier alpha value is -1.56. The molecule has 0 spiro atoms. The first-order valence-electron chi connectivity index (χ1n) is 6.57. The number of hydrogen-bond acceptors (Lipinski definition) is 4. The van der Waals surface area contributed by atoms with E-state index in [9.17, 15) is 14.7 Å². The summed E-state index contributed by atoms with van der Waals surface area (Å²) >= 11 is 0. The van der Waals surface area contributed by atoms with Gasteiger partial charge in [0.25, 0.3) is 5.56 Å². The lowest BCUT2D eigenvalue weighted by atomic mass is 10.2. The predicted molar refractivity (Wildman–Crippen MR) is 74.7 cm³/mol. The summed E-state index contributed by atoms with van der Waals surface area (Å²) in [6.07, 6.45) is 1.70. The normalized spacial score (nSPS) is 11.5. The molecule has 6 nitrogen and oxygen atoms in total. The molecule has 0 atom stereocenters. The fourth-order valence-corrected chi connectivity index (χ4v) is 1.76. The van der Waals surface area contributed by atoms with Gasteiger partial charge < -0.3 is 10.0 Å². The SMILES string of the molecule is Cc1c(O)n(CCCCN(C)C(C)C)c(=O)[nH]c1=O. The number of nitrogens with zero attached hydrogens (tertiary/aromatic N) is 2. The van der Waals surface area contributed by atoms with Gasteiger partial charge in [-0.2, -0.15) is 0 Å². The molecular formula is C13H23N3O3. The van der Waals surface area contributed by atoms with Crippen LogP contribution >= 0.6 is 0 Å². The highest BCUT2D eigenvalue weighted by molar-refractivity contribution is 5.20. The smallest absolute Gasteiger partial charge is 0.331 e. The van der Waals surface area contributed by atoms with E-state index in [1.807, 2.05) is 0 Å². The second kappa shape index (κ2) is 6.56. The predicted octanol–water partition coefficient (Wildman–Crippen LogP) is 0.671. The summed E-state index contributed by atoms with van der Waals surface area (Å²) in [4.78, 5) is 27.3. The molecule has 0 aliphatic heterocycles. The molecule has 19 heavy (non-hydrogen) atoms. The van der Waals surface area contributed by atoms with E-state index in [4.69, 9.17) is 0 Å². The van der Waals surface area contributed by atoms with Crippen LogP contribution in [-0.4, -0.2) is 39.2 Å². The quantitative estimate of drug-likeness (QED) is 0.744. The maximum atomic E-state index is 11.6. The van der Waals surface area contributed by atoms with Gasteiger partial charge >= 0.3 is 5.69 Å². The molecule has 0 bridgehead atoms. The maximum Gasteiger partial charge on any atom is 0.331 e. The third-order valence-corrected chi connectivity index (χ3v) is 3.42. The van der Waals surface area contributed by atoms with Crippen molar-refractivity contribution in [1.82, 2.24) is 14.5 Å². The zero-order valence-electron chi connectivity index (χ0n) is 12.1. The van der Waals surface area contributed by atoms with E-state index >= 15 is 0 Å². The third-order valence-electron chi connectivity index (χ3n) is 3.42. The Balaban J connectivity index is 2.62. The molecule has 6 heteroatoms. The maximum absolute atomic E-state index is 11.6. The Bertz CT molecular complexity index is 531. The van der Waals surface area contributed by atoms with Crippen molar-refractivity contribution in [3.05, 3.63) is 26.4 Å². The van der Waals surface area contributed by atoms with Crippen LogP contribution < -0.4 is 11.2 Å². The summed E-state index contributed by atoms with van der Waals surface area (Å²) in [6.45, 7) is 7.10. The van der Waals surface area contributed by atoms with Crippen molar-refractivity contribution in [2.45, 2.75) is 46.2 Å². The van der Waals surface area contributed by atoms with Gasteiger partial charge in [0.1, 0.15) is 0 Å². The van der Waals surface area contributed by atoms with Crippen molar-refractivity contribution >= 4 is 0 Å². The van der Waals surface area contributed by atoms with Gasteiger partial charge in [0.05, 0.1) is 5.56 Å². The molecular weight excluding hydrogens is 246 g/mol. The highest BCUT2D eigenvalue weighted by atomic mass is 16.3. The first-order valence-corrected chi connectivity index (χ1v) is 6.57. The lowest BCUT2D eigenvalue weighted by Crippen LogP contribution is -2.32. The molecule has 0 unspecified atom stereocenters. The van der Waals surface area contributed by atoms with Crippen molar-refractivity contribution in [2.24, 2.45) is 0 Å². The number of rotatable bonds is 6. The van der Waals surface area contributed by atoms with Gasteiger partial charge in [0, 0.05) is 12.6 Å². The summed E-state index contributed by atoms with van der Waals surface area (Å²) in [6, 6.07) is 0.492. The van der Waals surface area contributed by atoms with Crippen LogP contribution in [0, 0.1) is 6.92 Å². The molecule has 0 saturated heterocycles. The zero-order valence-corrected chi connectivity index (χ0v) is 12.1. The number of aromatic amines is 1. The average molecular weight is 269 g/mol. The highest BCUT2D eigenvalue weighted by Crippen LogP contribution is 2.09. The Morgan fingerprint density at radius 2 is 1.95 bits per heavy atom. The summed E-state index contributed by atoms with van der Waals surface area (Å²) in [5.41, 5.74) is -0.900. The number of hydrogen-bond donors (Lipinski definition) is 2. The van der Waals surface area contributed by atoms with Crippen LogP contribution in [-0.2, 0) is 6.54 Å². The van der Waals surface area contributed by atoms with Crippen molar-refractivity contribution in [3.8, 4) is 5.88 Å². The Morgan fingerprint density at radius 1 is 1.32 bits per heavy atom. The van der Waals surface area contributed by atoms with Gasteiger partial charge in [-0.05, 0) is 47.2 Å². The summed E-state index contributed by atoms with van der Waals surface area (Å²) in [5, 5.41) is 9.79. The van der Waals surface area contributed by atoms with Gasteiger partial charge in [-0.25, -0.2) is 4.79 Å². The number of nitrogens with one attached hydrogen (secondary N) is 1. The van der Waals surface area contributed by atoms with E-state index in [1.54, 1.807) is 0 Å². The number of aromatic nitrogens is 2. The molecule has 0 radical (unpaired) electrons. The molecule has 0 aliphatic rings. The van der Waals surface area contributed by atoms with Crippen LogP contribution in [0.3, 0.4) is 0 Å². The summed E-state index contributed by atoms with van der Waals surface area (Å²) in [5.74, 6) is -0.231. The molecule has 0 aromatic carbocycles. The van der Waals surface area contributed by atoms with Gasteiger partial charge in [-0.3, -0.25) is 14.3 Å². The minimum atomic E-state index is -0.551. The molecule has 0 aliphatic carbocycles. The van der Waals surface area contributed by atoms with Gasteiger partial charge in [0.15, 0.2) is 0 Å². The van der Waals surface area contributed by atoms with E-state index in [0.29, 0.717) is 12.6 Å². The average Bonchev–Trinajstić information content (AvgIpc) is 2.34. The van der Waals surface area contributed by atoms with Crippen LogP contribution in [0.5, 0.6) is 5.88 Å². The van der Waals surface area contributed by atoms with E-state index in [1.165, 1.54) is 11.5 Å². The molecule has 0 saturated carbocycles. The Kier molecular flexibility index (Phi) is 5.35. The van der Waals surface area contributed by atoms with Gasteiger partial charge in [0.2, 0.25) is 5.88 Å². The molecule has 1 aromatic rings. The van der Waals surface area contributed by atoms with E-state index in [2.05, 4.69) is 30.8 Å². The second-order valence-corrected chi connectivity index (χ2v) is 5.14. The summed E-state index contributed by atoms with van der Waals surface area (Å²) < 4.78 is 1.21. The minimum Gasteiger partial charge on any atom is -0.494 e. The lowest BCUT2D eigenvalue weighted by molar-refractivity contribution is 0.265. The van der Waals surface area contributed by atoms with Crippen molar-refractivity contribution in [1.29, 1.82) is 0 Å². The molecule has 1 aromatic heterocycles. The minimum absolute atomic E-state index is 0.180. The molecule has 108 valence electrons. The monoisotopic (exact) mass is 269 g/mol. The van der Waals surface area contributed by atoms with Crippen LogP contribution in [0.1, 0.15) is 32.3 Å². The van der Waals surface area contributed by atoms with Gasteiger partial charge in [-0.1, -0.05) is 0 Å². The zero-order chi connectivity index (χ0) is 14.6. The molecule has 0 fully saturated rings. The molecule has 0 amide bonds. The first kappa shape index (κ1) is 15.5. The molecule has 1 heterocycles. The highest BCUT2D eigenvalue weighted by Gasteiger charge is 2.10. The van der Waals surface area contributed by atoms with Crippen molar-refractivity contribution < 1.29 is 5.11 Å². The number of H-pyrrole nitrogens is 1. The van der Waals surface area contributed by atoms with Crippen LogP contribution in [0.15, 0.2) is 9.59 Å². The lowest BCUT2D eigenvalue weighted by Gasteiger charge is -2.20. The summed E-state index contributed by atoms with van der Waals surface area (Å²) in [7, 11) is 2.05. The largest absolute Gasteiger partial charge is 0.494 e. The molecule has 1 rings (SSSR count). The standard InChI is InChI=1S/C13H23N3O3/c1-9(2)15(4)7-5-6-8-16-12(18)10(3)11(17)14-13(16)19/h9,18H,5-8H2,1-4H3,(H,14,17,19). The topological polar surface area (TPSA) is 78.3 Å². The van der Waals surface area contributed by atoms with E-state index in [-0.39, 0.29) is 11.4 Å². The van der Waals surface area contributed by atoms with Gasteiger partial charge in [-0.15, -0.1) is 0 Å². The van der Waals surface area contributed by atoms with Crippen LogP contribution in [0.4, 0.5) is 0 Å². The van der Waals surface area contributed by atoms with Crippen molar-refractivity contribution in [3.63, 3.8) is 0 Å². The van der Waals surface area contributed by atoms with Crippen LogP contribution in [0.2, 0.25) is 0 Å².